The first-order valence-corrected chi connectivity index (χ1v) is 4.72. The Morgan fingerprint density at radius 2 is 2.27 bits per heavy atom. The molecule has 0 saturated carbocycles. The number of carbonyl (C=O) groups excluding carboxylic acids is 1. The Balaban J connectivity index is 3.06. The standard InChI is InChI=1S/C11H10ClNO2/c1-7-3-9(6-13)10(12)4-8(7)5-11(14)15-2/h3-4H,5H2,1-2H3. The van der Waals surface area contributed by atoms with Crippen LogP contribution in [0.3, 0.4) is 0 Å². The first-order valence-electron chi connectivity index (χ1n) is 4.34. The number of methoxy groups -OCH3 is 1. The van der Waals surface area contributed by atoms with Gasteiger partial charge in [-0.25, -0.2) is 0 Å². The summed E-state index contributed by atoms with van der Waals surface area (Å²) in [6.45, 7) is 1.83. The molecule has 0 aliphatic carbocycles. The number of rotatable bonds is 2. The fraction of sp³-hybridized carbons (Fsp3) is 0.273. The van der Waals surface area contributed by atoms with Gasteiger partial charge >= 0.3 is 5.97 Å². The van der Waals surface area contributed by atoms with Gasteiger partial charge < -0.3 is 4.74 Å². The molecule has 15 heavy (non-hydrogen) atoms. The van der Waals surface area contributed by atoms with Gasteiger partial charge in [-0.1, -0.05) is 11.6 Å². The van der Waals surface area contributed by atoms with Crippen molar-refractivity contribution in [1.29, 1.82) is 5.26 Å². The molecule has 0 aliphatic rings. The van der Waals surface area contributed by atoms with E-state index in [1.165, 1.54) is 7.11 Å². The molecule has 0 spiro atoms. The number of hydrogen-bond donors (Lipinski definition) is 0. The van der Waals surface area contributed by atoms with E-state index in [2.05, 4.69) is 4.74 Å². The lowest BCUT2D eigenvalue weighted by Gasteiger charge is -2.06. The van der Waals surface area contributed by atoms with Gasteiger partial charge in [0.2, 0.25) is 0 Å². The van der Waals surface area contributed by atoms with Crippen molar-refractivity contribution < 1.29 is 9.53 Å². The van der Waals surface area contributed by atoms with E-state index in [-0.39, 0.29) is 12.4 Å². The van der Waals surface area contributed by atoms with Gasteiger partial charge in [-0.15, -0.1) is 0 Å². The largest absolute Gasteiger partial charge is 0.469 e. The molecule has 0 heterocycles. The van der Waals surface area contributed by atoms with E-state index >= 15 is 0 Å². The Morgan fingerprint density at radius 1 is 1.60 bits per heavy atom. The molecule has 1 rings (SSSR count). The van der Waals surface area contributed by atoms with E-state index in [9.17, 15) is 4.79 Å². The van der Waals surface area contributed by atoms with Crippen molar-refractivity contribution in [2.24, 2.45) is 0 Å². The van der Waals surface area contributed by atoms with Gasteiger partial charge in [0.05, 0.1) is 24.1 Å². The van der Waals surface area contributed by atoms with Crippen LogP contribution in [0.2, 0.25) is 5.02 Å². The molecule has 0 aromatic heterocycles. The summed E-state index contributed by atoms with van der Waals surface area (Å²) < 4.78 is 4.56. The lowest BCUT2D eigenvalue weighted by atomic mass is 10.0. The maximum Gasteiger partial charge on any atom is 0.309 e. The molecule has 0 unspecified atom stereocenters. The third kappa shape index (κ3) is 2.71. The van der Waals surface area contributed by atoms with Crippen LogP contribution in [-0.4, -0.2) is 13.1 Å². The highest BCUT2D eigenvalue weighted by Gasteiger charge is 2.09. The maximum atomic E-state index is 11.1. The van der Waals surface area contributed by atoms with Crippen LogP contribution in [0.15, 0.2) is 12.1 Å². The Morgan fingerprint density at radius 3 is 2.80 bits per heavy atom. The SMILES string of the molecule is COC(=O)Cc1cc(Cl)c(C#N)cc1C. The molecule has 4 heteroatoms. The highest BCUT2D eigenvalue weighted by atomic mass is 35.5. The second-order valence-corrected chi connectivity index (χ2v) is 3.53. The van der Waals surface area contributed by atoms with Gasteiger partial charge in [-0.2, -0.15) is 5.26 Å². The molecule has 78 valence electrons. The molecular weight excluding hydrogens is 214 g/mol. The van der Waals surface area contributed by atoms with Crippen molar-refractivity contribution in [2.75, 3.05) is 7.11 Å². The summed E-state index contributed by atoms with van der Waals surface area (Å²) in [5.74, 6) is -0.320. The predicted molar refractivity (Wildman–Crippen MR) is 56.6 cm³/mol. The molecule has 0 N–H and O–H groups in total. The van der Waals surface area contributed by atoms with Crippen LogP contribution in [0.1, 0.15) is 16.7 Å². The first kappa shape index (κ1) is 11.5. The van der Waals surface area contributed by atoms with Crippen molar-refractivity contribution in [3.05, 3.63) is 33.8 Å². The molecule has 0 radical (unpaired) electrons. The molecule has 0 fully saturated rings. The number of carbonyl (C=O) groups is 1. The van der Waals surface area contributed by atoms with Crippen molar-refractivity contribution in [2.45, 2.75) is 13.3 Å². The van der Waals surface area contributed by atoms with Crippen molar-refractivity contribution >= 4 is 17.6 Å². The van der Waals surface area contributed by atoms with Crippen molar-refractivity contribution in [3.8, 4) is 6.07 Å². The van der Waals surface area contributed by atoms with Crippen LogP contribution in [0.5, 0.6) is 0 Å². The van der Waals surface area contributed by atoms with Crippen LogP contribution in [0.25, 0.3) is 0 Å². The van der Waals surface area contributed by atoms with Crippen molar-refractivity contribution in [1.82, 2.24) is 0 Å². The highest BCUT2D eigenvalue weighted by molar-refractivity contribution is 6.31. The Labute approximate surface area is 93.2 Å². The van der Waals surface area contributed by atoms with Gasteiger partial charge in [0.15, 0.2) is 0 Å². The molecule has 0 amide bonds. The number of ether oxygens (including phenoxy) is 1. The average Bonchev–Trinajstić information content (AvgIpc) is 2.22. The fourth-order valence-electron chi connectivity index (χ4n) is 1.23. The normalized spacial score (nSPS) is 9.47. The highest BCUT2D eigenvalue weighted by Crippen LogP contribution is 2.21. The zero-order chi connectivity index (χ0) is 11.4. The molecule has 0 atom stereocenters. The van der Waals surface area contributed by atoms with Crippen LogP contribution in [0.4, 0.5) is 0 Å². The van der Waals surface area contributed by atoms with E-state index in [0.29, 0.717) is 10.6 Å². The lowest BCUT2D eigenvalue weighted by Crippen LogP contribution is -2.06. The minimum Gasteiger partial charge on any atom is -0.469 e. The summed E-state index contributed by atoms with van der Waals surface area (Å²) >= 11 is 5.85. The monoisotopic (exact) mass is 223 g/mol. The number of esters is 1. The quantitative estimate of drug-likeness (QED) is 0.723. The molecule has 0 aliphatic heterocycles. The minimum atomic E-state index is -0.320. The van der Waals surface area contributed by atoms with Gasteiger partial charge in [0.1, 0.15) is 6.07 Å². The molecule has 3 nitrogen and oxygen atoms in total. The van der Waals surface area contributed by atoms with E-state index in [0.717, 1.165) is 11.1 Å². The zero-order valence-corrected chi connectivity index (χ0v) is 9.26. The summed E-state index contributed by atoms with van der Waals surface area (Å²) in [5.41, 5.74) is 2.06. The van der Waals surface area contributed by atoms with Gasteiger partial charge in [-0.05, 0) is 30.2 Å². The smallest absolute Gasteiger partial charge is 0.309 e. The van der Waals surface area contributed by atoms with Gasteiger partial charge in [0.25, 0.3) is 0 Å². The van der Waals surface area contributed by atoms with Crippen LogP contribution in [0, 0.1) is 18.3 Å². The summed E-state index contributed by atoms with van der Waals surface area (Å²) in [7, 11) is 1.34. The number of hydrogen-bond acceptors (Lipinski definition) is 3. The zero-order valence-electron chi connectivity index (χ0n) is 8.50. The summed E-state index contributed by atoms with van der Waals surface area (Å²) in [4.78, 5) is 11.1. The van der Waals surface area contributed by atoms with Crippen LogP contribution in [-0.2, 0) is 16.0 Å². The second kappa shape index (κ2) is 4.81. The number of halogens is 1. The van der Waals surface area contributed by atoms with Gasteiger partial charge in [-0.3, -0.25) is 4.79 Å². The number of nitrogens with zero attached hydrogens (tertiary/aromatic N) is 1. The molecule has 0 bridgehead atoms. The molecule has 1 aromatic carbocycles. The maximum absolute atomic E-state index is 11.1. The van der Waals surface area contributed by atoms with E-state index in [1.807, 2.05) is 13.0 Å². The third-order valence-electron chi connectivity index (χ3n) is 2.11. The molecule has 1 aromatic rings. The summed E-state index contributed by atoms with van der Waals surface area (Å²) in [5, 5.41) is 9.10. The Hall–Kier alpha value is -1.53. The van der Waals surface area contributed by atoms with E-state index in [4.69, 9.17) is 16.9 Å². The minimum absolute atomic E-state index is 0.174. The summed E-state index contributed by atoms with van der Waals surface area (Å²) in [6, 6.07) is 5.28. The first-order chi connectivity index (χ1) is 7.08. The number of aryl methyl sites for hydroxylation is 1. The van der Waals surface area contributed by atoms with E-state index < -0.39 is 0 Å². The third-order valence-corrected chi connectivity index (χ3v) is 2.42. The van der Waals surface area contributed by atoms with Crippen molar-refractivity contribution in [3.63, 3.8) is 0 Å². The fourth-order valence-corrected chi connectivity index (χ4v) is 1.46. The summed E-state index contributed by atoms with van der Waals surface area (Å²) in [6.07, 6.45) is 0.174. The van der Waals surface area contributed by atoms with Crippen LogP contribution >= 0.6 is 11.6 Å². The number of nitriles is 1. The second-order valence-electron chi connectivity index (χ2n) is 3.12. The van der Waals surface area contributed by atoms with E-state index in [1.54, 1.807) is 12.1 Å². The number of benzene rings is 1. The molecule has 0 saturated heterocycles. The van der Waals surface area contributed by atoms with Gasteiger partial charge in [0, 0.05) is 0 Å². The topological polar surface area (TPSA) is 50.1 Å². The average molecular weight is 224 g/mol. The Bertz CT molecular complexity index is 435. The Kier molecular flexibility index (Phi) is 3.70. The molecular formula is C11H10ClNO2. The predicted octanol–water partition coefficient (Wildman–Crippen LogP) is 2.24. The van der Waals surface area contributed by atoms with Crippen LogP contribution < -0.4 is 0 Å². The lowest BCUT2D eigenvalue weighted by molar-refractivity contribution is -0.139.